The Kier molecular flexibility index (Phi) is 4.21. The first-order valence-electron chi connectivity index (χ1n) is 2.62. The van der Waals surface area contributed by atoms with Crippen molar-refractivity contribution in [2.45, 2.75) is 19.7 Å². The van der Waals surface area contributed by atoms with Crippen LogP contribution in [0.2, 0.25) is 6.32 Å². The summed E-state index contributed by atoms with van der Waals surface area (Å²) in [6, 6.07) is 0. The summed E-state index contributed by atoms with van der Waals surface area (Å²) in [5, 5.41) is 8.31. The standard InChI is InChI=1S/C5H11BO/c1-5(4-6)2-3-7/h5,7H,2-4H2,1H3. The van der Waals surface area contributed by atoms with Crippen molar-refractivity contribution in [3.63, 3.8) is 0 Å². The normalized spacial score (nSPS) is 14.0. The number of hydrogen-bond acceptors (Lipinski definition) is 1. The van der Waals surface area contributed by atoms with Crippen LogP contribution in [-0.4, -0.2) is 19.6 Å². The van der Waals surface area contributed by atoms with Gasteiger partial charge in [-0.1, -0.05) is 13.2 Å². The van der Waals surface area contributed by atoms with Crippen LogP contribution in [0.1, 0.15) is 13.3 Å². The molecule has 2 radical (unpaired) electrons. The second kappa shape index (κ2) is 4.19. The Bertz CT molecular complexity index is 39.1. The molecule has 7 heavy (non-hydrogen) atoms. The topological polar surface area (TPSA) is 20.2 Å². The van der Waals surface area contributed by atoms with Crippen molar-refractivity contribution in [3.8, 4) is 0 Å². The quantitative estimate of drug-likeness (QED) is 0.512. The lowest BCUT2D eigenvalue weighted by atomic mass is 9.91. The third-order valence-corrected chi connectivity index (χ3v) is 1.02. The monoisotopic (exact) mass is 98.1 g/mol. The van der Waals surface area contributed by atoms with Crippen molar-refractivity contribution in [1.82, 2.24) is 0 Å². The summed E-state index contributed by atoms with van der Waals surface area (Å²) < 4.78 is 0. The number of rotatable bonds is 3. The van der Waals surface area contributed by atoms with Gasteiger partial charge >= 0.3 is 0 Å². The lowest BCUT2D eigenvalue weighted by molar-refractivity contribution is 0.268. The van der Waals surface area contributed by atoms with E-state index >= 15 is 0 Å². The van der Waals surface area contributed by atoms with Gasteiger partial charge in [-0.15, -0.1) is 0 Å². The van der Waals surface area contributed by atoms with E-state index in [1.807, 2.05) is 6.92 Å². The number of aliphatic hydroxyl groups is 1. The van der Waals surface area contributed by atoms with Crippen molar-refractivity contribution in [2.24, 2.45) is 5.92 Å². The van der Waals surface area contributed by atoms with E-state index in [2.05, 4.69) is 0 Å². The maximum atomic E-state index is 8.31. The van der Waals surface area contributed by atoms with Crippen molar-refractivity contribution < 1.29 is 5.11 Å². The highest BCUT2D eigenvalue weighted by Gasteiger charge is 1.93. The van der Waals surface area contributed by atoms with E-state index in [4.69, 9.17) is 13.0 Å². The molecule has 2 heteroatoms. The zero-order valence-electron chi connectivity index (χ0n) is 4.72. The fourth-order valence-corrected chi connectivity index (χ4v) is 0.338. The molecule has 1 atom stereocenters. The molecule has 0 aromatic heterocycles. The van der Waals surface area contributed by atoms with Gasteiger partial charge in [-0.3, -0.25) is 0 Å². The predicted octanol–water partition coefficient (Wildman–Crippen LogP) is 0.592. The summed E-state index contributed by atoms with van der Waals surface area (Å²) in [6.07, 6.45) is 1.51. The van der Waals surface area contributed by atoms with Crippen LogP contribution in [0.3, 0.4) is 0 Å². The number of hydrogen-bond donors (Lipinski definition) is 1. The van der Waals surface area contributed by atoms with Gasteiger partial charge in [-0.2, -0.15) is 0 Å². The van der Waals surface area contributed by atoms with Crippen LogP contribution in [0.15, 0.2) is 0 Å². The Morgan fingerprint density at radius 2 is 2.29 bits per heavy atom. The summed E-state index contributed by atoms with van der Waals surface area (Å²) >= 11 is 0. The minimum Gasteiger partial charge on any atom is -0.396 e. The van der Waals surface area contributed by atoms with Gasteiger partial charge in [-0.25, -0.2) is 0 Å². The Hall–Kier alpha value is 0.0249. The van der Waals surface area contributed by atoms with E-state index in [1.165, 1.54) is 0 Å². The first kappa shape index (κ1) is 7.02. The maximum Gasteiger partial charge on any atom is 0.0656 e. The molecule has 0 amide bonds. The first-order chi connectivity index (χ1) is 3.31. The molecule has 0 aromatic carbocycles. The largest absolute Gasteiger partial charge is 0.396 e. The van der Waals surface area contributed by atoms with E-state index in [0.717, 1.165) is 6.42 Å². The zero-order valence-corrected chi connectivity index (χ0v) is 4.72. The van der Waals surface area contributed by atoms with Gasteiger partial charge in [0.05, 0.1) is 7.85 Å². The van der Waals surface area contributed by atoms with Crippen LogP contribution in [0, 0.1) is 5.92 Å². The van der Waals surface area contributed by atoms with Crippen molar-refractivity contribution in [1.29, 1.82) is 0 Å². The molecule has 40 valence electrons. The molecule has 0 spiro atoms. The summed E-state index contributed by atoms with van der Waals surface area (Å²) in [4.78, 5) is 0. The lowest BCUT2D eigenvalue weighted by Gasteiger charge is -2.02. The summed E-state index contributed by atoms with van der Waals surface area (Å²) in [6.45, 7) is 2.29. The second-order valence-electron chi connectivity index (χ2n) is 1.85. The molecular weight excluding hydrogens is 86.9 g/mol. The molecular formula is C5H11BO. The van der Waals surface area contributed by atoms with Gasteiger partial charge < -0.3 is 5.11 Å². The van der Waals surface area contributed by atoms with Crippen LogP contribution >= 0.6 is 0 Å². The average molecular weight is 98.0 g/mol. The van der Waals surface area contributed by atoms with Gasteiger partial charge in [0.1, 0.15) is 0 Å². The highest BCUT2D eigenvalue weighted by atomic mass is 16.2. The highest BCUT2D eigenvalue weighted by Crippen LogP contribution is 2.02. The minimum atomic E-state index is 0.262. The van der Waals surface area contributed by atoms with Crippen molar-refractivity contribution in [3.05, 3.63) is 0 Å². The summed E-state index contributed by atoms with van der Waals surface area (Å²) in [7, 11) is 5.25. The molecule has 1 nitrogen and oxygen atoms in total. The lowest BCUT2D eigenvalue weighted by Crippen LogP contribution is -1.95. The summed E-state index contributed by atoms with van der Waals surface area (Å²) in [5.41, 5.74) is 0. The van der Waals surface area contributed by atoms with Crippen LogP contribution in [-0.2, 0) is 0 Å². The predicted molar refractivity (Wildman–Crippen MR) is 31.4 cm³/mol. The average Bonchev–Trinajstić information content (AvgIpc) is 1.68. The summed E-state index contributed by atoms with van der Waals surface area (Å²) in [5.74, 6) is 0.477. The molecule has 0 bridgehead atoms. The highest BCUT2D eigenvalue weighted by molar-refractivity contribution is 6.08. The molecule has 0 saturated heterocycles. The fourth-order valence-electron chi connectivity index (χ4n) is 0.338. The first-order valence-corrected chi connectivity index (χ1v) is 2.62. The molecule has 1 N–H and O–H groups in total. The zero-order chi connectivity index (χ0) is 5.70. The van der Waals surface area contributed by atoms with Gasteiger partial charge in [-0.05, 0) is 12.3 Å². The third kappa shape index (κ3) is 3.87. The molecule has 0 aromatic rings. The molecule has 0 saturated carbocycles. The Morgan fingerprint density at radius 3 is 2.43 bits per heavy atom. The van der Waals surface area contributed by atoms with Gasteiger partial charge in [0.15, 0.2) is 0 Å². The maximum absolute atomic E-state index is 8.31. The van der Waals surface area contributed by atoms with E-state index in [9.17, 15) is 0 Å². The number of aliphatic hydroxyl groups excluding tert-OH is 1. The van der Waals surface area contributed by atoms with Crippen LogP contribution in [0.25, 0.3) is 0 Å². The molecule has 0 heterocycles. The van der Waals surface area contributed by atoms with Gasteiger partial charge in [0.25, 0.3) is 0 Å². The van der Waals surface area contributed by atoms with Gasteiger partial charge in [0, 0.05) is 6.61 Å². The smallest absolute Gasteiger partial charge is 0.0656 e. The molecule has 0 aliphatic carbocycles. The van der Waals surface area contributed by atoms with E-state index in [-0.39, 0.29) is 6.61 Å². The third-order valence-electron chi connectivity index (χ3n) is 1.02. The minimum absolute atomic E-state index is 0.262. The Labute approximate surface area is 46.1 Å². The van der Waals surface area contributed by atoms with Crippen molar-refractivity contribution >= 4 is 7.85 Å². The van der Waals surface area contributed by atoms with E-state index in [1.54, 1.807) is 0 Å². The van der Waals surface area contributed by atoms with Gasteiger partial charge in [0.2, 0.25) is 0 Å². The SMILES string of the molecule is [B]CC(C)CCO. The van der Waals surface area contributed by atoms with Crippen LogP contribution in [0.4, 0.5) is 0 Å². The fraction of sp³-hybridized carbons (Fsp3) is 1.00. The molecule has 1 unspecified atom stereocenters. The second-order valence-corrected chi connectivity index (χ2v) is 1.85. The molecule has 0 fully saturated rings. The Balaban J connectivity index is 2.83. The van der Waals surface area contributed by atoms with E-state index < -0.39 is 0 Å². The van der Waals surface area contributed by atoms with Crippen LogP contribution in [0.5, 0.6) is 0 Å². The van der Waals surface area contributed by atoms with E-state index in [0.29, 0.717) is 12.2 Å². The Morgan fingerprint density at radius 1 is 1.71 bits per heavy atom. The van der Waals surface area contributed by atoms with Crippen LogP contribution < -0.4 is 0 Å². The molecule has 0 aliphatic rings. The van der Waals surface area contributed by atoms with Crippen molar-refractivity contribution in [2.75, 3.05) is 6.61 Å². The molecule has 0 aliphatic heterocycles. The molecule has 0 rings (SSSR count).